The minimum atomic E-state index is 0.0791. The van der Waals surface area contributed by atoms with Crippen LogP contribution in [0.15, 0.2) is 24.3 Å². The van der Waals surface area contributed by atoms with Crippen LogP contribution in [0.2, 0.25) is 0 Å². The smallest absolute Gasteiger partial charge is 0.121 e. The zero-order valence-electron chi connectivity index (χ0n) is 11.1. The molecule has 100 valence electrons. The molecule has 1 aromatic carbocycles. The summed E-state index contributed by atoms with van der Waals surface area (Å²) in [4.78, 5) is 0. The Morgan fingerprint density at radius 1 is 1.32 bits per heavy atom. The lowest BCUT2D eigenvalue weighted by atomic mass is 9.90. The quantitative estimate of drug-likeness (QED) is 0.815. The Hall–Kier alpha value is -1.53. The number of nitriles is 1. The van der Waals surface area contributed by atoms with Crippen molar-refractivity contribution in [3.63, 3.8) is 0 Å². The van der Waals surface area contributed by atoms with Crippen LogP contribution in [-0.4, -0.2) is 18.3 Å². The van der Waals surface area contributed by atoms with Crippen molar-refractivity contribution in [1.29, 1.82) is 5.26 Å². The van der Waals surface area contributed by atoms with E-state index in [9.17, 15) is 0 Å². The Morgan fingerprint density at radius 3 is 2.95 bits per heavy atom. The van der Waals surface area contributed by atoms with Crippen molar-refractivity contribution in [2.45, 2.75) is 50.2 Å². The Balaban J connectivity index is 1.67. The maximum atomic E-state index is 8.91. The molecule has 19 heavy (non-hydrogen) atoms. The molecule has 1 spiro atoms. The monoisotopic (exact) mass is 257 g/mol. The highest BCUT2D eigenvalue weighted by Gasteiger charge is 2.40. The van der Waals surface area contributed by atoms with Crippen LogP contribution in [0.5, 0.6) is 5.75 Å². The van der Waals surface area contributed by atoms with Crippen molar-refractivity contribution in [1.82, 2.24) is 0 Å². The van der Waals surface area contributed by atoms with Crippen molar-refractivity contribution in [3.05, 3.63) is 29.8 Å². The third kappa shape index (κ3) is 2.74. The van der Waals surface area contributed by atoms with Crippen LogP contribution in [0.1, 0.15) is 44.1 Å². The molecule has 3 heteroatoms. The van der Waals surface area contributed by atoms with Gasteiger partial charge in [-0.25, -0.2) is 0 Å². The van der Waals surface area contributed by atoms with Crippen LogP contribution < -0.4 is 4.74 Å². The summed E-state index contributed by atoms with van der Waals surface area (Å²) in [6.07, 6.45) is 7.05. The average molecular weight is 257 g/mol. The molecule has 0 aromatic heterocycles. The number of rotatable bonds is 2. The normalized spacial score (nSPS) is 25.1. The first-order chi connectivity index (χ1) is 9.30. The molecule has 0 N–H and O–H groups in total. The molecular weight excluding hydrogens is 238 g/mol. The fourth-order valence-corrected chi connectivity index (χ4v) is 3.28. The average Bonchev–Trinajstić information content (AvgIpc) is 2.87. The van der Waals surface area contributed by atoms with E-state index in [1.165, 1.54) is 25.7 Å². The van der Waals surface area contributed by atoms with E-state index in [1.807, 2.05) is 18.2 Å². The van der Waals surface area contributed by atoms with Gasteiger partial charge in [0.25, 0.3) is 0 Å². The molecule has 0 bridgehead atoms. The van der Waals surface area contributed by atoms with Crippen molar-refractivity contribution >= 4 is 0 Å². The van der Waals surface area contributed by atoms with Gasteiger partial charge < -0.3 is 9.47 Å². The van der Waals surface area contributed by atoms with Gasteiger partial charge in [0.1, 0.15) is 11.9 Å². The third-order valence-electron chi connectivity index (χ3n) is 4.23. The van der Waals surface area contributed by atoms with Crippen molar-refractivity contribution in [2.75, 3.05) is 6.61 Å². The van der Waals surface area contributed by atoms with Crippen LogP contribution in [0.3, 0.4) is 0 Å². The molecule has 1 aliphatic carbocycles. The molecule has 1 unspecified atom stereocenters. The maximum Gasteiger partial charge on any atom is 0.121 e. The Kier molecular flexibility index (Phi) is 3.44. The van der Waals surface area contributed by atoms with Gasteiger partial charge in [-0.15, -0.1) is 0 Å². The second-order valence-electron chi connectivity index (χ2n) is 5.61. The van der Waals surface area contributed by atoms with Crippen LogP contribution in [-0.2, 0) is 4.74 Å². The molecule has 1 aromatic rings. The van der Waals surface area contributed by atoms with E-state index in [-0.39, 0.29) is 11.7 Å². The molecule has 2 fully saturated rings. The number of hydrogen-bond acceptors (Lipinski definition) is 3. The Bertz CT molecular complexity index is 486. The molecule has 2 aliphatic rings. The summed E-state index contributed by atoms with van der Waals surface area (Å²) in [5.74, 6) is 0.805. The fourth-order valence-electron chi connectivity index (χ4n) is 3.28. The summed E-state index contributed by atoms with van der Waals surface area (Å²) in [6, 6.07) is 9.57. The summed E-state index contributed by atoms with van der Waals surface area (Å²) >= 11 is 0. The molecule has 1 aliphatic heterocycles. The lowest BCUT2D eigenvalue weighted by molar-refractivity contribution is -0.108. The maximum absolute atomic E-state index is 8.91. The van der Waals surface area contributed by atoms with Gasteiger partial charge in [0.15, 0.2) is 0 Å². The molecular formula is C16H19NO2. The van der Waals surface area contributed by atoms with Gasteiger partial charge in [-0.1, -0.05) is 18.9 Å². The first-order valence-electron chi connectivity index (χ1n) is 7.10. The third-order valence-corrected chi connectivity index (χ3v) is 4.23. The highest BCUT2D eigenvalue weighted by molar-refractivity contribution is 5.36. The topological polar surface area (TPSA) is 42.2 Å². The lowest BCUT2D eigenvalue weighted by Crippen LogP contribution is -2.41. The first-order valence-corrected chi connectivity index (χ1v) is 7.10. The van der Waals surface area contributed by atoms with Gasteiger partial charge in [0.05, 0.1) is 23.8 Å². The van der Waals surface area contributed by atoms with Gasteiger partial charge in [-0.2, -0.15) is 5.26 Å². The predicted molar refractivity (Wildman–Crippen MR) is 72.0 cm³/mol. The molecule has 0 amide bonds. The Morgan fingerprint density at radius 2 is 2.16 bits per heavy atom. The molecule has 0 radical (unpaired) electrons. The number of hydrogen-bond donors (Lipinski definition) is 0. The van der Waals surface area contributed by atoms with E-state index >= 15 is 0 Å². The summed E-state index contributed by atoms with van der Waals surface area (Å²) in [5, 5.41) is 8.91. The van der Waals surface area contributed by atoms with E-state index < -0.39 is 0 Å². The van der Waals surface area contributed by atoms with Crippen LogP contribution in [0.4, 0.5) is 0 Å². The largest absolute Gasteiger partial charge is 0.490 e. The second kappa shape index (κ2) is 5.22. The summed E-state index contributed by atoms with van der Waals surface area (Å²) in [6.45, 7) is 0.794. The highest BCUT2D eigenvalue weighted by Crippen LogP contribution is 2.40. The molecule has 3 nitrogen and oxygen atoms in total. The standard InChI is InChI=1S/C16H19NO2/c17-12-13-4-3-5-14(10-13)19-15-6-9-18-16(11-15)7-1-2-8-16/h3-5,10,15H,1-2,6-9,11H2. The van der Waals surface area contributed by atoms with Gasteiger partial charge in [-0.3, -0.25) is 0 Å². The SMILES string of the molecule is N#Cc1cccc(OC2CCOC3(CCCC3)C2)c1. The zero-order valence-corrected chi connectivity index (χ0v) is 11.1. The van der Waals surface area contributed by atoms with Crippen molar-refractivity contribution in [2.24, 2.45) is 0 Å². The summed E-state index contributed by atoms with van der Waals surface area (Å²) < 4.78 is 12.1. The van der Waals surface area contributed by atoms with E-state index in [0.29, 0.717) is 5.56 Å². The molecule has 1 atom stereocenters. The number of ether oxygens (including phenoxy) is 2. The predicted octanol–water partition coefficient (Wildman–Crippen LogP) is 3.43. The van der Waals surface area contributed by atoms with Gasteiger partial charge in [-0.05, 0) is 31.0 Å². The molecule has 1 heterocycles. The number of nitrogens with zero attached hydrogens (tertiary/aromatic N) is 1. The summed E-state index contributed by atoms with van der Waals surface area (Å²) in [5.41, 5.74) is 0.732. The van der Waals surface area contributed by atoms with Crippen LogP contribution in [0, 0.1) is 11.3 Å². The van der Waals surface area contributed by atoms with Crippen LogP contribution >= 0.6 is 0 Å². The van der Waals surface area contributed by atoms with E-state index in [0.717, 1.165) is 25.2 Å². The van der Waals surface area contributed by atoms with E-state index in [1.54, 1.807) is 6.07 Å². The van der Waals surface area contributed by atoms with E-state index in [2.05, 4.69) is 6.07 Å². The zero-order chi connectivity index (χ0) is 13.1. The second-order valence-corrected chi connectivity index (χ2v) is 5.61. The number of benzene rings is 1. The van der Waals surface area contributed by atoms with Crippen molar-refractivity contribution in [3.8, 4) is 11.8 Å². The highest BCUT2D eigenvalue weighted by atomic mass is 16.5. The van der Waals surface area contributed by atoms with Crippen molar-refractivity contribution < 1.29 is 9.47 Å². The first kappa shape index (κ1) is 12.5. The Labute approximate surface area is 114 Å². The van der Waals surface area contributed by atoms with Gasteiger partial charge >= 0.3 is 0 Å². The molecule has 3 rings (SSSR count). The molecule has 1 saturated carbocycles. The minimum absolute atomic E-state index is 0.0791. The minimum Gasteiger partial charge on any atom is -0.490 e. The van der Waals surface area contributed by atoms with Gasteiger partial charge in [0, 0.05) is 12.8 Å². The van der Waals surface area contributed by atoms with E-state index in [4.69, 9.17) is 14.7 Å². The molecule has 1 saturated heterocycles. The van der Waals surface area contributed by atoms with Gasteiger partial charge in [0.2, 0.25) is 0 Å². The fraction of sp³-hybridized carbons (Fsp3) is 0.562. The summed E-state index contributed by atoms with van der Waals surface area (Å²) in [7, 11) is 0. The van der Waals surface area contributed by atoms with Crippen LogP contribution in [0.25, 0.3) is 0 Å². The lowest BCUT2D eigenvalue weighted by Gasteiger charge is -2.38.